The molecule has 4 nitrogen and oxygen atoms in total. The molecule has 2 saturated carbocycles. The number of rotatable bonds is 13. The Morgan fingerprint density at radius 1 is 0.811 bits per heavy atom. The van der Waals surface area contributed by atoms with Gasteiger partial charge in [0.2, 0.25) is 0 Å². The van der Waals surface area contributed by atoms with Crippen molar-refractivity contribution in [2.45, 2.75) is 96.0 Å². The molecular formula is C32H45BO4. The molecule has 0 saturated heterocycles. The Kier molecular flexibility index (Phi) is 11.3. The molecule has 0 bridgehead atoms. The highest BCUT2D eigenvalue weighted by atomic mass is 16.5. The summed E-state index contributed by atoms with van der Waals surface area (Å²) in [4.78, 5) is 0. The molecular weight excluding hydrogens is 459 g/mol. The third-order valence-corrected chi connectivity index (χ3v) is 8.07. The van der Waals surface area contributed by atoms with Gasteiger partial charge in [0.1, 0.15) is 24.4 Å². The van der Waals surface area contributed by atoms with E-state index in [1.54, 1.807) is 7.11 Å². The van der Waals surface area contributed by atoms with Crippen molar-refractivity contribution in [2.75, 3.05) is 13.7 Å². The normalized spacial score (nSPS) is 18.3. The first-order chi connectivity index (χ1) is 18.2. The Morgan fingerprint density at radius 3 is 2.00 bits per heavy atom. The molecule has 2 aliphatic carbocycles. The highest BCUT2D eigenvalue weighted by Crippen LogP contribution is 2.43. The van der Waals surface area contributed by atoms with E-state index in [1.807, 2.05) is 24.5 Å². The van der Waals surface area contributed by atoms with Crippen molar-refractivity contribution in [3.63, 3.8) is 0 Å². The molecule has 2 aromatic rings. The second kappa shape index (κ2) is 15.1. The average Bonchev–Trinajstić information content (AvgIpc) is 2.96. The van der Waals surface area contributed by atoms with Crippen molar-refractivity contribution in [2.24, 2.45) is 5.92 Å². The lowest BCUT2D eigenvalue weighted by atomic mass is 9.41. The number of benzene rings is 2. The summed E-state index contributed by atoms with van der Waals surface area (Å²) in [6.07, 6.45) is 15.1. The average molecular weight is 505 g/mol. The van der Waals surface area contributed by atoms with Gasteiger partial charge in [-0.2, -0.15) is 0 Å². The molecule has 200 valence electrons. The second-order valence-electron chi connectivity index (χ2n) is 11.0. The summed E-state index contributed by atoms with van der Waals surface area (Å²) in [7, 11) is 1.69. The van der Waals surface area contributed by atoms with E-state index in [9.17, 15) is 0 Å². The number of hydrogen-bond acceptors (Lipinski definition) is 4. The first kappa shape index (κ1) is 27.6. The molecule has 0 aliphatic heterocycles. The van der Waals surface area contributed by atoms with Crippen LogP contribution >= 0.6 is 0 Å². The number of ether oxygens (including phenoxy) is 3. The summed E-state index contributed by atoms with van der Waals surface area (Å²) in [5, 5.41) is 0. The fourth-order valence-corrected chi connectivity index (χ4v) is 5.87. The third-order valence-electron chi connectivity index (χ3n) is 8.07. The minimum Gasteiger partial charge on any atom is -0.561 e. The number of hydrogen-bond donors (Lipinski definition) is 0. The van der Waals surface area contributed by atoms with Gasteiger partial charge in [-0.05, 0) is 34.9 Å². The van der Waals surface area contributed by atoms with Crippen LogP contribution in [0.15, 0.2) is 66.6 Å². The standard InChI is InChI=1S/C32H45BO4/c1-26(22-35-24-28-18-20-31(34-2)21-19-28)32(25-36-23-27-12-6-3-7-13-27)37-33(29-14-8-4-9-15-29)30-16-10-5-11-17-30/h3,6-7,12-13,18-21,25-26,29-30H,4-5,8-11,14-17,22-24H2,1-2H3/b32-25+/t26-/m1/s1. The smallest absolute Gasteiger partial charge is 0.363 e. The molecule has 0 aromatic heterocycles. The van der Waals surface area contributed by atoms with Crippen LogP contribution in [-0.4, -0.2) is 20.6 Å². The van der Waals surface area contributed by atoms with Crippen molar-refractivity contribution in [1.82, 2.24) is 0 Å². The molecule has 5 heteroatoms. The topological polar surface area (TPSA) is 36.9 Å². The molecule has 0 N–H and O–H groups in total. The summed E-state index contributed by atoms with van der Waals surface area (Å²) in [5.41, 5.74) is 2.31. The van der Waals surface area contributed by atoms with Gasteiger partial charge >= 0.3 is 6.92 Å². The Hall–Kier alpha value is -2.40. The van der Waals surface area contributed by atoms with Crippen LogP contribution in [0.25, 0.3) is 0 Å². The van der Waals surface area contributed by atoms with Gasteiger partial charge in [-0.15, -0.1) is 0 Å². The fourth-order valence-electron chi connectivity index (χ4n) is 5.87. The summed E-state index contributed by atoms with van der Waals surface area (Å²) in [5.74, 6) is 3.22. The van der Waals surface area contributed by atoms with E-state index in [2.05, 4.69) is 43.3 Å². The zero-order valence-corrected chi connectivity index (χ0v) is 22.9. The first-order valence-corrected chi connectivity index (χ1v) is 14.5. The van der Waals surface area contributed by atoms with E-state index in [0.717, 1.165) is 22.6 Å². The molecule has 0 spiro atoms. The maximum absolute atomic E-state index is 7.00. The Balaban J connectivity index is 1.43. The Bertz CT molecular complexity index is 900. The Morgan fingerprint density at radius 2 is 1.41 bits per heavy atom. The quantitative estimate of drug-likeness (QED) is 0.202. The van der Waals surface area contributed by atoms with Gasteiger partial charge in [-0.1, -0.05) is 114 Å². The van der Waals surface area contributed by atoms with Crippen LogP contribution in [0.5, 0.6) is 5.75 Å². The molecule has 2 fully saturated rings. The van der Waals surface area contributed by atoms with E-state index in [0.29, 0.717) is 31.5 Å². The van der Waals surface area contributed by atoms with Gasteiger partial charge < -0.3 is 18.9 Å². The Labute approximate surface area is 224 Å². The van der Waals surface area contributed by atoms with E-state index < -0.39 is 0 Å². The van der Waals surface area contributed by atoms with Crippen LogP contribution in [-0.2, 0) is 27.3 Å². The lowest BCUT2D eigenvalue weighted by molar-refractivity contribution is 0.0864. The lowest BCUT2D eigenvalue weighted by Crippen LogP contribution is -2.34. The first-order valence-electron chi connectivity index (χ1n) is 14.5. The highest BCUT2D eigenvalue weighted by Gasteiger charge is 2.39. The van der Waals surface area contributed by atoms with Gasteiger partial charge in [0.25, 0.3) is 0 Å². The molecule has 2 aromatic carbocycles. The van der Waals surface area contributed by atoms with Gasteiger partial charge in [0.05, 0.1) is 20.3 Å². The molecule has 0 radical (unpaired) electrons. The molecule has 0 unspecified atom stereocenters. The summed E-state index contributed by atoms with van der Waals surface area (Å²) < 4.78 is 24.5. The zero-order valence-electron chi connectivity index (χ0n) is 22.9. The summed E-state index contributed by atoms with van der Waals surface area (Å²) in [6, 6.07) is 18.4. The van der Waals surface area contributed by atoms with E-state index in [4.69, 9.17) is 18.9 Å². The van der Waals surface area contributed by atoms with Crippen LogP contribution in [0.3, 0.4) is 0 Å². The molecule has 0 heterocycles. The summed E-state index contributed by atoms with van der Waals surface area (Å²) in [6.45, 7) is 4.20. The van der Waals surface area contributed by atoms with Gasteiger partial charge in [0.15, 0.2) is 0 Å². The van der Waals surface area contributed by atoms with E-state index in [1.165, 1.54) is 64.2 Å². The number of methoxy groups -OCH3 is 1. The zero-order chi connectivity index (χ0) is 25.7. The maximum atomic E-state index is 7.00. The van der Waals surface area contributed by atoms with Crippen LogP contribution in [0.2, 0.25) is 11.6 Å². The van der Waals surface area contributed by atoms with Crippen molar-refractivity contribution >= 4 is 6.92 Å². The van der Waals surface area contributed by atoms with E-state index >= 15 is 0 Å². The second-order valence-corrected chi connectivity index (χ2v) is 11.0. The minimum atomic E-state index is 0.115. The van der Waals surface area contributed by atoms with Crippen LogP contribution in [0.1, 0.15) is 82.3 Å². The fraction of sp³-hybridized carbons (Fsp3) is 0.562. The molecule has 4 rings (SSSR count). The van der Waals surface area contributed by atoms with Gasteiger partial charge in [-0.3, -0.25) is 0 Å². The predicted octanol–water partition coefficient (Wildman–Crippen LogP) is 8.58. The molecule has 37 heavy (non-hydrogen) atoms. The van der Waals surface area contributed by atoms with Crippen molar-refractivity contribution < 1.29 is 18.9 Å². The van der Waals surface area contributed by atoms with Crippen molar-refractivity contribution in [3.05, 3.63) is 77.7 Å². The van der Waals surface area contributed by atoms with E-state index in [-0.39, 0.29) is 12.8 Å². The van der Waals surface area contributed by atoms with Crippen LogP contribution < -0.4 is 4.74 Å². The minimum absolute atomic E-state index is 0.115. The van der Waals surface area contributed by atoms with Gasteiger partial charge in [-0.25, -0.2) is 0 Å². The monoisotopic (exact) mass is 504 g/mol. The largest absolute Gasteiger partial charge is 0.561 e. The molecule has 2 aliphatic rings. The SMILES string of the molecule is COc1ccc(COC[C@@H](C)/C(=C\OCc2ccccc2)OB(C2CCCCC2)C2CCCCC2)cc1. The lowest BCUT2D eigenvalue weighted by Gasteiger charge is -2.36. The molecule has 1 atom stereocenters. The van der Waals surface area contributed by atoms with Crippen molar-refractivity contribution in [3.8, 4) is 5.75 Å². The van der Waals surface area contributed by atoms with Gasteiger partial charge in [0, 0.05) is 5.92 Å². The summed E-state index contributed by atoms with van der Waals surface area (Å²) >= 11 is 0. The third kappa shape index (κ3) is 8.84. The van der Waals surface area contributed by atoms with Crippen LogP contribution in [0.4, 0.5) is 0 Å². The van der Waals surface area contributed by atoms with Crippen molar-refractivity contribution in [1.29, 1.82) is 0 Å². The highest BCUT2D eigenvalue weighted by molar-refractivity contribution is 6.55. The van der Waals surface area contributed by atoms with Crippen LogP contribution in [0, 0.1) is 5.92 Å². The maximum Gasteiger partial charge on any atom is 0.363 e. The predicted molar refractivity (Wildman–Crippen MR) is 152 cm³/mol. The molecule has 0 amide bonds.